The van der Waals surface area contributed by atoms with E-state index in [0.717, 1.165) is 11.8 Å². The lowest BCUT2D eigenvalue weighted by Crippen LogP contribution is -2.03. The molecule has 1 unspecified atom stereocenters. The third-order valence-electron chi connectivity index (χ3n) is 3.64. The van der Waals surface area contributed by atoms with Crippen molar-refractivity contribution < 1.29 is 0 Å². The maximum absolute atomic E-state index is 2.39. The van der Waals surface area contributed by atoms with Crippen LogP contribution in [0, 0.1) is 5.92 Å². The molecule has 2 rings (SSSR count). The average Bonchev–Trinajstić information content (AvgIpc) is 2.37. The lowest BCUT2D eigenvalue weighted by molar-refractivity contribution is 0.473. The summed E-state index contributed by atoms with van der Waals surface area (Å²) in [4.78, 5) is 0. The molecule has 0 radical (unpaired) electrons. The summed E-state index contributed by atoms with van der Waals surface area (Å²) in [6, 6.07) is 15.6. The van der Waals surface area contributed by atoms with Crippen LogP contribution in [0.4, 0.5) is 0 Å². The van der Waals surface area contributed by atoms with Crippen molar-refractivity contribution in [3.8, 4) is 0 Å². The van der Waals surface area contributed by atoms with E-state index in [-0.39, 0.29) is 0 Å². The van der Waals surface area contributed by atoms with Crippen molar-refractivity contribution in [3.63, 3.8) is 0 Å². The van der Waals surface area contributed by atoms with Crippen LogP contribution in [-0.4, -0.2) is 0 Å². The summed E-state index contributed by atoms with van der Waals surface area (Å²) in [5.41, 5.74) is 1.52. The molecule has 0 heteroatoms. The minimum atomic E-state index is 0.722. The van der Waals surface area contributed by atoms with Gasteiger partial charge in [0, 0.05) is 0 Å². The summed E-state index contributed by atoms with van der Waals surface area (Å²) in [5.74, 6) is 1.49. The molecule has 1 atom stereocenters. The zero-order valence-corrected chi connectivity index (χ0v) is 11.8. The molecule has 0 N–H and O–H groups in total. The summed E-state index contributed by atoms with van der Waals surface area (Å²) in [7, 11) is 0. The molecule has 0 heterocycles. The van der Waals surface area contributed by atoms with Crippen molar-refractivity contribution in [2.24, 2.45) is 5.92 Å². The van der Waals surface area contributed by atoms with Gasteiger partial charge in [-0.05, 0) is 41.0 Å². The molecule has 96 valence electrons. The molecule has 0 spiro atoms. The molecule has 0 bridgehead atoms. The van der Waals surface area contributed by atoms with E-state index in [0.29, 0.717) is 0 Å². The summed E-state index contributed by atoms with van der Waals surface area (Å²) in [5, 5.41) is 2.72. The van der Waals surface area contributed by atoms with Crippen molar-refractivity contribution in [1.82, 2.24) is 0 Å². The largest absolute Gasteiger partial charge is 0.0654 e. The smallest absolute Gasteiger partial charge is 0.0159 e. The molecule has 0 aliphatic heterocycles. The number of fused-ring (bicyclic) bond motifs is 1. The Labute approximate surface area is 111 Å². The highest BCUT2D eigenvalue weighted by atomic mass is 14.2. The van der Waals surface area contributed by atoms with Crippen LogP contribution in [0.25, 0.3) is 10.8 Å². The molecule has 0 aliphatic rings. The normalized spacial score (nSPS) is 13.1. The molecule has 0 aromatic heterocycles. The molecule has 0 saturated heterocycles. The van der Waals surface area contributed by atoms with Gasteiger partial charge in [0.15, 0.2) is 0 Å². The first-order chi connectivity index (χ1) is 8.70. The van der Waals surface area contributed by atoms with Crippen molar-refractivity contribution in [2.45, 2.75) is 46.0 Å². The number of benzene rings is 2. The first-order valence-corrected chi connectivity index (χ1v) is 7.19. The number of hydrogen-bond donors (Lipinski definition) is 0. The molecule has 0 fully saturated rings. The highest BCUT2D eigenvalue weighted by Crippen LogP contribution is 2.30. The zero-order chi connectivity index (χ0) is 13.0. The lowest BCUT2D eigenvalue weighted by Gasteiger charge is -2.19. The van der Waals surface area contributed by atoms with Gasteiger partial charge in [0.25, 0.3) is 0 Å². The van der Waals surface area contributed by atoms with E-state index >= 15 is 0 Å². The van der Waals surface area contributed by atoms with E-state index in [9.17, 15) is 0 Å². The Hall–Kier alpha value is -1.30. The second-order valence-corrected chi connectivity index (χ2v) is 5.72. The fraction of sp³-hybridized carbons (Fsp3) is 0.444. The van der Waals surface area contributed by atoms with Crippen molar-refractivity contribution in [2.75, 3.05) is 0 Å². The van der Waals surface area contributed by atoms with Crippen LogP contribution >= 0.6 is 0 Å². The van der Waals surface area contributed by atoms with Gasteiger partial charge in [0.1, 0.15) is 0 Å². The van der Waals surface area contributed by atoms with Gasteiger partial charge < -0.3 is 0 Å². The van der Waals surface area contributed by atoms with Crippen LogP contribution < -0.4 is 0 Å². The zero-order valence-electron chi connectivity index (χ0n) is 11.8. The van der Waals surface area contributed by atoms with Crippen LogP contribution in [0.1, 0.15) is 51.5 Å². The minimum absolute atomic E-state index is 0.722. The van der Waals surface area contributed by atoms with E-state index in [1.54, 1.807) is 0 Å². The van der Waals surface area contributed by atoms with Crippen LogP contribution in [0.15, 0.2) is 42.5 Å². The molecule has 0 aliphatic carbocycles. The Morgan fingerprint density at radius 1 is 0.944 bits per heavy atom. The summed E-state index contributed by atoms with van der Waals surface area (Å²) >= 11 is 0. The van der Waals surface area contributed by atoms with Gasteiger partial charge in [0.2, 0.25) is 0 Å². The number of hydrogen-bond acceptors (Lipinski definition) is 0. The monoisotopic (exact) mass is 240 g/mol. The average molecular weight is 240 g/mol. The summed E-state index contributed by atoms with van der Waals surface area (Å²) in [6.45, 7) is 6.93. The van der Waals surface area contributed by atoms with Crippen LogP contribution in [0.2, 0.25) is 0 Å². The van der Waals surface area contributed by atoms with E-state index in [4.69, 9.17) is 0 Å². The predicted molar refractivity (Wildman–Crippen MR) is 81.1 cm³/mol. The Balaban J connectivity index is 2.31. The van der Waals surface area contributed by atoms with Crippen LogP contribution in [-0.2, 0) is 0 Å². The topological polar surface area (TPSA) is 0 Å². The number of rotatable bonds is 5. The third kappa shape index (κ3) is 3.13. The predicted octanol–water partition coefficient (Wildman–Crippen LogP) is 5.77. The summed E-state index contributed by atoms with van der Waals surface area (Å²) in [6.07, 6.45) is 3.87. The van der Waals surface area contributed by atoms with Gasteiger partial charge >= 0.3 is 0 Å². The standard InChI is InChI=1S/C18H24/c1-4-7-16(12-14(2)3)18-11-10-15-8-5-6-9-17(15)13-18/h5-6,8-11,13-14,16H,4,7,12H2,1-3H3. The lowest BCUT2D eigenvalue weighted by atomic mass is 9.86. The molecular weight excluding hydrogens is 216 g/mol. The quantitative estimate of drug-likeness (QED) is 0.622. The van der Waals surface area contributed by atoms with E-state index in [1.165, 1.54) is 35.6 Å². The highest BCUT2D eigenvalue weighted by molar-refractivity contribution is 5.83. The molecule has 0 amide bonds. The van der Waals surface area contributed by atoms with Crippen molar-refractivity contribution in [3.05, 3.63) is 48.0 Å². The Kier molecular flexibility index (Phi) is 4.41. The maximum Gasteiger partial charge on any atom is -0.0159 e. The van der Waals surface area contributed by atoms with Gasteiger partial charge in [-0.3, -0.25) is 0 Å². The molecule has 0 nitrogen and oxygen atoms in total. The van der Waals surface area contributed by atoms with Gasteiger partial charge in [-0.15, -0.1) is 0 Å². The maximum atomic E-state index is 2.39. The molecular formula is C18H24. The van der Waals surface area contributed by atoms with Gasteiger partial charge in [0.05, 0.1) is 0 Å². The molecule has 2 aromatic rings. The third-order valence-corrected chi connectivity index (χ3v) is 3.64. The first kappa shape index (κ1) is 13.1. The fourth-order valence-corrected chi connectivity index (χ4v) is 2.80. The summed E-state index contributed by atoms with van der Waals surface area (Å²) < 4.78 is 0. The van der Waals surface area contributed by atoms with Crippen molar-refractivity contribution in [1.29, 1.82) is 0 Å². The van der Waals surface area contributed by atoms with Gasteiger partial charge in [-0.25, -0.2) is 0 Å². The van der Waals surface area contributed by atoms with Gasteiger partial charge in [-0.2, -0.15) is 0 Å². The molecule has 2 aromatic carbocycles. The first-order valence-electron chi connectivity index (χ1n) is 7.19. The molecule has 18 heavy (non-hydrogen) atoms. The van der Waals surface area contributed by atoms with E-state index in [2.05, 4.69) is 63.2 Å². The SMILES string of the molecule is CCCC(CC(C)C)c1ccc2ccccc2c1. The molecule has 0 saturated carbocycles. The van der Waals surface area contributed by atoms with Crippen LogP contribution in [0.5, 0.6) is 0 Å². The Bertz CT molecular complexity index is 496. The fourth-order valence-electron chi connectivity index (χ4n) is 2.80. The van der Waals surface area contributed by atoms with Crippen molar-refractivity contribution >= 4 is 10.8 Å². The van der Waals surface area contributed by atoms with Gasteiger partial charge in [-0.1, -0.05) is 69.7 Å². The van der Waals surface area contributed by atoms with Crippen LogP contribution in [0.3, 0.4) is 0 Å². The Morgan fingerprint density at radius 3 is 2.33 bits per heavy atom. The second-order valence-electron chi connectivity index (χ2n) is 5.72. The minimum Gasteiger partial charge on any atom is -0.0654 e. The highest BCUT2D eigenvalue weighted by Gasteiger charge is 2.12. The van der Waals surface area contributed by atoms with E-state index < -0.39 is 0 Å². The second kappa shape index (κ2) is 6.04. The van der Waals surface area contributed by atoms with E-state index in [1.807, 2.05) is 0 Å². The Morgan fingerprint density at radius 2 is 1.67 bits per heavy atom.